The Labute approximate surface area is 120 Å². The van der Waals surface area contributed by atoms with Gasteiger partial charge in [0.15, 0.2) is 0 Å². The highest BCUT2D eigenvalue weighted by Gasteiger charge is 2.42. The third-order valence-corrected chi connectivity index (χ3v) is 4.02. The number of anilines is 1. The fourth-order valence-electron chi connectivity index (χ4n) is 2.67. The van der Waals surface area contributed by atoms with Crippen LogP contribution >= 0.6 is 0 Å². The first-order chi connectivity index (χ1) is 9.37. The van der Waals surface area contributed by atoms with E-state index in [4.69, 9.17) is 4.74 Å². The number of hydrogen-bond donors (Lipinski definition) is 0. The van der Waals surface area contributed by atoms with Gasteiger partial charge in [0.2, 0.25) is 0 Å². The average molecular weight is 277 g/mol. The topological polar surface area (TPSA) is 55.3 Å². The van der Waals surface area contributed by atoms with Crippen LogP contribution in [0.3, 0.4) is 0 Å². The van der Waals surface area contributed by atoms with Crippen LogP contribution in [0.25, 0.3) is 0 Å². The van der Waals surface area contributed by atoms with E-state index in [0.717, 1.165) is 35.9 Å². The molecule has 0 N–H and O–H groups in total. The second kappa shape index (κ2) is 5.38. The van der Waals surface area contributed by atoms with Crippen molar-refractivity contribution in [3.63, 3.8) is 0 Å². The van der Waals surface area contributed by atoms with Crippen LogP contribution in [0, 0.1) is 26.2 Å². The summed E-state index contributed by atoms with van der Waals surface area (Å²) in [5.74, 6) is 1.61. The molecule has 20 heavy (non-hydrogen) atoms. The van der Waals surface area contributed by atoms with Gasteiger partial charge < -0.3 is 9.64 Å². The van der Waals surface area contributed by atoms with Crippen LogP contribution < -0.4 is 4.90 Å². The minimum absolute atomic E-state index is 0.109. The molecule has 0 aliphatic carbocycles. The quantitative estimate of drug-likeness (QED) is 0.793. The van der Waals surface area contributed by atoms with E-state index in [9.17, 15) is 4.79 Å². The minimum Gasteiger partial charge on any atom is -0.466 e. The Bertz CT molecular complexity index is 530. The maximum Gasteiger partial charge on any atom is 0.313 e. The van der Waals surface area contributed by atoms with Crippen molar-refractivity contribution in [1.29, 1.82) is 0 Å². The van der Waals surface area contributed by atoms with E-state index in [1.807, 2.05) is 34.6 Å². The van der Waals surface area contributed by atoms with Crippen molar-refractivity contribution >= 4 is 11.8 Å². The molecule has 1 atom stereocenters. The Balaban J connectivity index is 2.24. The summed E-state index contributed by atoms with van der Waals surface area (Å²) in [6.45, 7) is 11.7. The second-order valence-electron chi connectivity index (χ2n) is 5.76. The van der Waals surface area contributed by atoms with Gasteiger partial charge >= 0.3 is 5.97 Å². The molecule has 1 aliphatic heterocycles. The van der Waals surface area contributed by atoms with E-state index in [-0.39, 0.29) is 5.97 Å². The second-order valence-corrected chi connectivity index (χ2v) is 5.76. The Morgan fingerprint density at radius 3 is 2.70 bits per heavy atom. The molecule has 1 fully saturated rings. The number of hydrogen-bond acceptors (Lipinski definition) is 5. The van der Waals surface area contributed by atoms with Crippen LogP contribution in [0.1, 0.15) is 37.4 Å². The van der Waals surface area contributed by atoms with E-state index >= 15 is 0 Å². The van der Waals surface area contributed by atoms with Crippen LogP contribution in [0.15, 0.2) is 0 Å². The van der Waals surface area contributed by atoms with Crippen molar-refractivity contribution in [2.45, 2.75) is 41.0 Å². The van der Waals surface area contributed by atoms with Crippen LogP contribution in [-0.2, 0) is 9.53 Å². The molecule has 0 bridgehead atoms. The van der Waals surface area contributed by atoms with Crippen molar-refractivity contribution in [3.8, 4) is 0 Å². The molecule has 0 aromatic carbocycles. The summed E-state index contributed by atoms with van der Waals surface area (Å²) in [5.41, 5.74) is 1.65. The highest BCUT2D eigenvalue weighted by Crippen LogP contribution is 2.35. The molecule has 1 unspecified atom stereocenters. The van der Waals surface area contributed by atoms with Gasteiger partial charge in [0.25, 0.3) is 0 Å². The van der Waals surface area contributed by atoms with Crippen LogP contribution in [0.4, 0.5) is 5.82 Å². The highest BCUT2D eigenvalue weighted by atomic mass is 16.5. The van der Waals surface area contributed by atoms with E-state index in [2.05, 4.69) is 14.9 Å². The van der Waals surface area contributed by atoms with Crippen molar-refractivity contribution in [3.05, 3.63) is 17.1 Å². The van der Waals surface area contributed by atoms with Crippen LogP contribution in [0.2, 0.25) is 0 Å². The number of aryl methyl sites for hydroxylation is 2. The summed E-state index contributed by atoms with van der Waals surface area (Å²) in [5, 5.41) is 0. The predicted molar refractivity (Wildman–Crippen MR) is 77.8 cm³/mol. The van der Waals surface area contributed by atoms with Gasteiger partial charge in [-0.25, -0.2) is 9.97 Å². The Hall–Kier alpha value is -1.65. The first kappa shape index (κ1) is 14.8. The maximum atomic E-state index is 12.1. The van der Waals surface area contributed by atoms with E-state index < -0.39 is 5.41 Å². The number of rotatable bonds is 3. The van der Waals surface area contributed by atoms with Crippen molar-refractivity contribution in [2.75, 3.05) is 24.6 Å². The number of esters is 1. The van der Waals surface area contributed by atoms with Gasteiger partial charge in [-0.1, -0.05) is 0 Å². The van der Waals surface area contributed by atoms with E-state index in [1.165, 1.54) is 0 Å². The average Bonchev–Trinajstić information content (AvgIpc) is 2.78. The molecule has 0 radical (unpaired) electrons. The molecular weight excluding hydrogens is 254 g/mol. The molecule has 0 amide bonds. The molecule has 1 saturated heterocycles. The lowest BCUT2D eigenvalue weighted by Gasteiger charge is -2.24. The number of ether oxygens (including phenoxy) is 1. The van der Waals surface area contributed by atoms with Gasteiger partial charge in [-0.3, -0.25) is 4.79 Å². The zero-order chi connectivity index (χ0) is 14.9. The number of nitrogens with zero attached hydrogens (tertiary/aromatic N) is 3. The largest absolute Gasteiger partial charge is 0.466 e. The standard InChI is InChI=1S/C15H23N3O2/c1-6-20-14(19)15(5)7-8-18(9-15)13-10(2)11(3)16-12(4)17-13/h6-9H2,1-5H3. The van der Waals surface area contributed by atoms with Gasteiger partial charge in [-0.2, -0.15) is 0 Å². The molecule has 5 heteroatoms. The molecule has 110 valence electrons. The molecular formula is C15H23N3O2. The van der Waals surface area contributed by atoms with Gasteiger partial charge in [-0.15, -0.1) is 0 Å². The lowest BCUT2D eigenvalue weighted by molar-refractivity contribution is -0.153. The van der Waals surface area contributed by atoms with Gasteiger partial charge in [0.05, 0.1) is 12.0 Å². The summed E-state index contributed by atoms with van der Waals surface area (Å²) >= 11 is 0. The zero-order valence-electron chi connectivity index (χ0n) is 13.0. The Kier molecular flexibility index (Phi) is 3.97. The van der Waals surface area contributed by atoms with E-state index in [0.29, 0.717) is 13.2 Å². The minimum atomic E-state index is -0.435. The monoisotopic (exact) mass is 277 g/mol. The van der Waals surface area contributed by atoms with Crippen molar-refractivity contribution < 1.29 is 9.53 Å². The summed E-state index contributed by atoms with van der Waals surface area (Å²) in [6.07, 6.45) is 0.799. The summed E-state index contributed by atoms with van der Waals surface area (Å²) in [7, 11) is 0. The lowest BCUT2D eigenvalue weighted by Crippen LogP contribution is -2.34. The predicted octanol–water partition coefficient (Wildman–Crippen LogP) is 2.18. The van der Waals surface area contributed by atoms with Crippen molar-refractivity contribution in [1.82, 2.24) is 9.97 Å². The zero-order valence-corrected chi connectivity index (χ0v) is 13.0. The Morgan fingerprint density at radius 1 is 1.35 bits per heavy atom. The van der Waals surface area contributed by atoms with Gasteiger partial charge in [-0.05, 0) is 41.0 Å². The third-order valence-electron chi connectivity index (χ3n) is 4.02. The number of carbonyl (C=O) groups is 1. The van der Waals surface area contributed by atoms with Crippen molar-refractivity contribution in [2.24, 2.45) is 5.41 Å². The molecule has 0 saturated carbocycles. The molecule has 5 nitrogen and oxygen atoms in total. The molecule has 1 aliphatic rings. The maximum absolute atomic E-state index is 12.1. The van der Waals surface area contributed by atoms with Crippen LogP contribution in [-0.4, -0.2) is 35.6 Å². The fraction of sp³-hybridized carbons (Fsp3) is 0.667. The lowest BCUT2D eigenvalue weighted by atomic mass is 9.90. The first-order valence-corrected chi connectivity index (χ1v) is 7.11. The molecule has 2 rings (SSSR count). The number of aromatic nitrogens is 2. The SMILES string of the molecule is CCOC(=O)C1(C)CCN(c2nc(C)nc(C)c2C)C1. The normalized spacial score (nSPS) is 22.1. The summed E-state index contributed by atoms with van der Waals surface area (Å²) in [6, 6.07) is 0. The Morgan fingerprint density at radius 2 is 2.05 bits per heavy atom. The summed E-state index contributed by atoms with van der Waals surface area (Å²) < 4.78 is 5.19. The van der Waals surface area contributed by atoms with Crippen LogP contribution in [0.5, 0.6) is 0 Å². The molecule has 0 spiro atoms. The molecule has 1 aromatic heterocycles. The van der Waals surface area contributed by atoms with E-state index in [1.54, 1.807) is 0 Å². The fourth-order valence-corrected chi connectivity index (χ4v) is 2.67. The highest BCUT2D eigenvalue weighted by molar-refractivity contribution is 5.78. The van der Waals surface area contributed by atoms with Gasteiger partial charge in [0, 0.05) is 24.3 Å². The third kappa shape index (κ3) is 2.62. The smallest absolute Gasteiger partial charge is 0.313 e. The summed E-state index contributed by atoms with van der Waals surface area (Å²) in [4.78, 5) is 23.2. The number of carbonyl (C=O) groups excluding carboxylic acids is 1. The first-order valence-electron chi connectivity index (χ1n) is 7.11. The van der Waals surface area contributed by atoms with Gasteiger partial charge in [0.1, 0.15) is 11.6 Å². The molecule has 1 aromatic rings. The molecule has 2 heterocycles.